The van der Waals surface area contributed by atoms with E-state index < -0.39 is 0 Å². The summed E-state index contributed by atoms with van der Waals surface area (Å²) in [4.78, 5) is 15.4. The largest absolute Gasteiger partial charge is 0.334 e. The number of nitrogens with two attached hydrogens (primary N) is 1. The zero-order valence-electron chi connectivity index (χ0n) is 10.2. The Kier molecular flexibility index (Phi) is 3.74. The van der Waals surface area contributed by atoms with Gasteiger partial charge in [-0.15, -0.1) is 11.8 Å². The molecule has 0 aliphatic carbocycles. The molecule has 0 spiro atoms. The lowest BCUT2D eigenvalue weighted by Crippen LogP contribution is -2.40. The predicted molar refractivity (Wildman–Crippen MR) is 71.3 cm³/mol. The van der Waals surface area contributed by atoms with Gasteiger partial charge in [0.25, 0.3) is 5.91 Å². The van der Waals surface area contributed by atoms with Crippen LogP contribution in [0.2, 0.25) is 0 Å². The number of carbonyl (C=O) groups is 1. The molecule has 1 aromatic carbocycles. The zero-order chi connectivity index (χ0) is 12.4. The molecule has 17 heavy (non-hydrogen) atoms. The van der Waals surface area contributed by atoms with Crippen LogP contribution in [0.4, 0.5) is 0 Å². The summed E-state index contributed by atoms with van der Waals surface area (Å²) in [5.74, 6) is 0.107. The molecule has 4 heteroatoms. The SMILES string of the molecule is CSc1ccccc1C(=O)N1CCC(N)C1C. The number of thioether (sulfide) groups is 1. The van der Waals surface area contributed by atoms with Crippen LogP contribution in [-0.2, 0) is 0 Å². The monoisotopic (exact) mass is 250 g/mol. The first-order valence-electron chi connectivity index (χ1n) is 5.84. The standard InChI is InChI=1S/C13H18N2OS/c1-9-11(14)7-8-15(9)13(16)10-5-3-4-6-12(10)17-2/h3-6,9,11H,7-8,14H2,1-2H3. The maximum atomic E-state index is 12.4. The maximum absolute atomic E-state index is 12.4. The van der Waals surface area contributed by atoms with Gasteiger partial charge in [-0.05, 0) is 31.7 Å². The van der Waals surface area contributed by atoms with Gasteiger partial charge in [0.2, 0.25) is 0 Å². The molecule has 1 aliphatic rings. The molecule has 1 saturated heterocycles. The van der Waals surface area contributed by atoms with E-state index in [1.54, 1.807) is 11.8 Å². The molecule has 2 N–H and O–H groups in total. The minimum Gasteiger partial charge on any atom is -0.334 e. The highest BCUT2D eigenvalue weighted by Gasteiger charge is 2.32. The Morgan fingerprint density at radius 2 is 2.18 bits per heavy atom. The van der Waals surface area contributed by atoms with Gasteiger partial charge in [0, 0.05) is 23.5 Å². The van der Waals surface area contributed by atoms with E-state index in [2.05, 4.69) is 0 Å². The van der Waals surface area contributed by atoms with Gasteiger partial charge in [0.15, 0.2) is 0 Å². The molecule has 1 aromatic rings. The van der Waals surface area contributed by atoms with Crippen molar-refractivity contribution in [2.75, 3.05) is 12.8 Å². The highest BCUT2D eigenvalue weighted by molar-refractivity contribution is 7.98. The van der Waals surface area contributed by atoms with Crippen molar-refractivity contribution in [1.82, 2.24) is 4.90 Å². The lowest BCUT2D eigenvalue weighted by molar-refractivity contribution is 0.0739. The molecule has 1 aliphatic heterocycles. The van der Waals surface area contributed by atoms with Gasteiger partial charge in [0.1, 0.15) is 0 Å². The highest BCUT2D eigenvalue weighted by atomic mass is 32.2. The summed E-state index contributed by atoms with van der Waals surface area (Å²) >= 11 is 1.61. The molecule has 1 amide bonds. The third-order valence-electron chi connectivity index (χ3n) is 3.41. The van der Waals surface area contributed by atoms with Crippen LogP contribution >= 0.6 is 11.8 Å². The number of likely N-dealkylation sites (tertiary alicyclic amines) is 1. The van der Waals surface area contributed by atoms with E-state index in [0.29, 0.717) is 0 Å². The zero-order valence-corrected chi connectivity index (χ0v) is 11.0. The lowest BCUT2D eigenvalue weighted by Gasteiger charge is -2.24. The molecular weight excluding hydrogens is 232 g/mol. The summed E-state index contributed by atoms with van der Waals surface area (Å²) in [6.45, 7) is 2.79. The van der Waals surface area contributed by atoms with Crippen molar-refractivity contribution in [1.29, 1.82) is 0 Å². The first-order valence-corrected chi connectivity index (χ1v) is 7.07. The molecule has 2 atom stereocenters. The Hall–Kier alpha value is -1.00. The molecule has 1 heterocycles. The van der Waals surface area contributed by atoms with Crippen molar-refractivity contribution in [3.63, 3.8) is 0 Å². The van der Waals surface area contributed by atoms with E-state index in [4.69, 9.17) is 5.73 Å². The van der Waals surface area contributed by atoms with Crippen LogP contribution < -0.4 is 5.73 Å². The van der Waals surface area contributed by atoms with Gasteiger partial charge in [-0.3, -0.25) is 4.79 Å². The van der Waals surface area contributed by atoms with Gasteiger partial charge in [-0.25, -0.2) is 0 Å². The number of carbonyl (C=O) groups excluding carboxylic acids is 1. The van der Waals surface area contributed by atoms with Gasteiger partial charge >= 0.3 is 0 Å². The number of hydrogen-bond acceptors (Lipinski definition) is 3. The first kappa shape index (κ1) is 12.5. The van der Waals surface area contributed by atoms with Crippen LogP contribution in [0.15, 0.2) is 29.2 Å². The second-order valence-electron chi connectivity index (χ2n) is 4.39. The Balaban J connectivity index is 2.25. The average Bonchev–Trinajstić information content (AvgIpc) is 2.69. The lowest BCUT2D eigenvalue weighted by atomic mass is 10.1. The molecule has 2 rings (SSSR count). The van der Waals surface area contributed by atoms with E-state index >= 15 is 0 Å². The summed E-state index contributed by atoms with van der Waals surface area (Å²) < 4.78 is 0. The molecule has 3 nitrogen and oxygen atoms in total. The topological polar surface area (TPSA) is 46.3 Å². The van der Waals surface area contributed by atoms with Crippen LogP contribution in [0.1, 0.15) is 23.7 Å². The van der Waals surface area contributed by atoms with Crippen LogP contribution in [0.3, 0.4) is 0 Å². The average molecular weight is 250 g/mol. The fourth-order valence-corrected chi connectivity index (χ4v) is 2.82. The van der Waals surface area contributed by atoms with Crippen molar-refractivity contribution in [2.24, 2.45) is 5.73 Å². The van der Waals surface area contributed by atoms with E-state index in [1.807, 2.05) is 42.3 Å². The number of amides is 1. The normalized spacial score (nSPS) is 24.1. The third kappa shape index (κ3) is 2.33. The summed E-state index contributed by atoms with van der Waals surface area (Å²) in [7, 11) is 0. The van der Waals surface area contributed by atoms with Crippen molar-refractivity contribution in [2.45, 2.75) is 30.3 Å². The van der Waals surface area contributed by atoms with E-state index in [9.17, 15) is 4.79 Å². The minimum atomic E-state index is 0.107. The van der Waals surface area contributed by atoms with Gasteiger partial charge in [-0.2, -0.15) is 0 Å². The number of rotatable bonds is 2. The molecule has 0 aromatic heterocycles. The van der Waals surface area contributed by atoms with E-state index in [-0.39, 0.29) is 18.0 Å². The molecule has 0 bridgehead atoms. The van der Waals surface area contributed by atoms with Crippen LogP contribution in [0.25, 0.3) is 0 Å². The Morgan fingerprint density at radius 1 is 1.47 bits per heavy atom. The van der Waals surface area contributed by atoms with Crippen molar-refractivity contribution in [3.8, 4) is 0 Å². The molecule has 2 unspecified atom stereocenters. The fourth-order valence-electron chi connectivity index (χ4n) is 2.23. The Morgan fingerprint density at radius 3 is 2.76 bits per heavy atom. The first-order chi connectivity index (χ1) is 8.15. The van der Waals surface area contributed by atoms with Crippen molar-refractivity contribution < 1.29 is 4.79 Å². The smallest absolute Gasteiger partial charge is 0.255 e. The van der Waals surface area contributed by atoms with E-state index in [1.165, 1.54) is 0 Å². The van der Waals surface area contributed by atoms with Crippen molar-refractivity contribution in [3.05, 3.63) is 29.8 Å². The van der Waals surface area contributed by atoms with Crippen LogP contribution in [0.5, 0.6) is 0 Å². The quantitative estimate of drug-likeness (QED) is 0.816. The van der Waals surface area contributed by atoms with Crippen LogP contribution in [0, 0.1) is 0 Å². The fraction of sp³-hybridized carbons (Fsp3) is 0.462. The molecule has 1 fully saturated rings. The summed E-state index contributed by atoms with van der Waals surface area (Å²) in [5.41, 5.74) is 6.75. The summed E-state index contributed by atoms with van der Waals surface area (Å²) in [6, 6.07) is 8.00. The molecular formula is C13H18N2OS. The van der Waals surface area contributed by atoms with Gasteiger partial charge in [-0.1, -0.05) is 12.1 Å². The molecule has 0 saturated carbocycles. The number of benzene rings is 1. The summed E-state index contributed by atoms with van der Waals surface area (Å²) in [5, 5.41) is 0. The van der Waals surface area contributed by atoms with Gasteiger partial charge < -0.3 is 10.6 Å². The van der Waals surface area contributed by atoms with Crippen molar-refractivity contribution >= 4 is 17.7 Å². The number of nitrogens with zero attached hydrogens (tertiary/aromatic N) is 1. The molecule has 0 radical (unpaired) electrons. The second kappa shape index (κ2) is 5.10. The van der Waals surface area contributed by atoms with Crippen LogP contribution in [-0.4, -0.2) is 35.7 Å². The highest BCUT2D eigenvalue weighted by Crippen LogP contribution is 2.25. The second-order valence-corrected chi connectivity index (χ2v) is 5.24. The Labute approximate surface area is 106 Å². The maximum Gasteiger partial charge on any atom is 0.255 e. The third-order valence-corrected chi connectivity index (χ3v) is 4.21. The summed E-state index contributed by atoms with van der Waals surface area (Å²) in [6.07, 6.45) is 2.89. The minimum absolute atomic E-state index is 0.107. The number of hydrogen-bond donors (Lipinski definition) is 1. The predicted octanol–water partition coefficient (Wildman–Crippen LogP) is 1.97. The van der Waals surface area contributed by atoms with Gasteiger partial charge in [0.05, 0.1) is 5.56 Å². The Bertz CT molecular complexity index is 422. The molecule has 92 valence electrons. The van der Waals surface area contributed by atoms with E-state index in [0.717, 1.165) is 23.4 Å².